The lowest BCUT2D eigenvalue weighted by atomic mass is 9.88. The number of Topliss-reactive ketones (excluding diaryl/α,β-unsaturated/α-hetero) is 1. The molecule has 2 N–H and O–H groups in total. The van der Waals surface area contributed by atoms with Crippen LogP contribution in [0, 0.1) is 13.8 Å². The quantitative estimate of drug-likeness (QED) is 0.0832. The molecule has 1 aliphatic carbocycles. The highest BCUT2D eigenvalue weighted by Gasteiger charge is 2.23. The maximum absolute atomic E-state index is 12.8. The van der Waals surface area contributed by atoms with Gasteiger partial charge < -0.3 is 9.73 Å². The maximum atomic E-state index is 12.8. The monoisotopic (exact) mass is 602 g/mol. The maximum Gasteiger partial charge on any atom is 0.264 e. The standard InChI is InChI=1S/C30H32Cl2N2O5S/c1-5-6-8-33-26-15-28-22(11-17(26)2)30(21-14-25(32)24(31)13-20(21)19(4)35)23-12-18(3)27(16-29(23)39-28)34-9-7-10-40(36,37)38/h11-16,34H,5-10H2,1-4H3,(H,36,37,38)/b33-26+. The second-order valence-corrected chi connectivity index (χ2v) is 12.3. The number of carbonyl (C=O) groups excluding carboxylic acids is 1. The van der Waals surface area contributed by atoms with Crippen molar-refractivity contribution in [3.8, 4) is 22.5 Å². The first-order valence-electron chi connectivity index (χ1n) is 13.1. The van der Waals surface area contributed by atoms with Crippen LogP contribution in [0.3, 0.4) is 0 Å². The van der Waals surface area contributed by atoms with E-state index in [0.717, 1.165) is 51.5 Å². The van der Waals surface area contributed by atoms with Gasteiger partial charge in [-0.3, -0.25) is 14.3 Å². The Labute approximate surface area is 244 Å². The number of unbranched alkanes of at least 4 members (excludes halogenated alkanes) is 1. The van der Waals surface area contributed by atoms with Gasteiger partial charge in [0.25, 0.3) is 10.1 Å². The fourth-order valence-electron chi connectivity index (χ4n) is 4.72. The highest BCUT2D eigenvalue weighted by Crippen LogP contribution is 2.44. The lowest BCUT2D eigenvalue weighted by Gasteiger charge is -2.20. The number of ketones is 1. The lowest BCUT2D eigenvalue weighted by Crippen LogP contribution is -2.11. The van der Waals surface area contributed by atoms with E-state index in [2.05, 4.69) is 12.2 Å². The topological polar surface area (TPSA) is 109 Å². The van der Waals surface area contributed by atoms with Gasteiger partial charge in [0, 0.05) is 53.0 Å². The molecule has 7 nitrogen and oxygen atoms in total. The first-order chi connectivity index (χ1) is 18.9. The Bertz CT molecular complexity index is 1750. The molecule has 0 saturated heterocycles. The number of nitrogens with zero attached hydrogens (tertiary/aromatic N) is 1. The number of rotatable bonds is 10. The summed E-state index contributed by atoms with van der Waals surface area (Å²) in [5.41, 5.74) is 5.91. The molecule has 10 heteroatoms. The van der Waals surface area contributed by atoms with Crippen LogP contribution in [0.25, 0.3) is 33.4 Å². The zero-order valence-corrected chi connectivity index (χ0v) is 25.2. The molecule has 0 unspecified atom stereocenters. The van der Waals surface area contributed by atoms with Crippen LogP contribution in [0.4, 0.5) is 5.69 Å². The minimum absolute atomic E-state index is 0.146. The van der Waals surface area contributed by atoms with Crippen LogP contribution in [0.15, 0.2) is 45.8 Å². The molecule has 0 amide bonds. The van der Waals surface area contributed by atoms with E-state index in [4.69, 9.17) is 37.2 Å². The van der Waals surface area contributed by atoms with Crippen LogP contribution in [-0.4, -0.2) is 37.6 Å². The Balaban J connectivity index is 2.00. The molecule has 0 fully saturated rings. The Morgan fingerprint density at radius 1 is 1.00 bits per heavy atom. The molecule has 212 valence electrons. The lowest BCUT2D eigenvalue weighted by molar-refractivity contribution is 0.101. The number of hydrogen-bond donors (Lipinski definition) is 2. The van der Waals surface area contributed by atoms with Crippen LogP contribution >= 0.6 is 23.2 Å². The molecule has 1 aliphatic heterocycles. The summed E-state index contributed by atoms with van der Waals surface area (Å²) in [6, 6.07) is 11.1. The molecule has 0 bridgehead atoms. The van der Waals surface area contributed by atoms with E-state index >= 15 is 0 Å². The minimum atomic E-state index is -4.03. The molecule has 0 radical (unpaired) electrons. The van der Waals surface area contributed by atoms with E-state index in [-0.39, 0.29) is 18.0 Å². The van der Waals surface area contributed by atoms with Crippen molar-refractivity contribution in [1.82, 2.24) is 0 Å². The highest BCUT2D eigenvalue weighted by molar-refractivity contribution is 7.85. The van der Waals surface area contributed by atoms with Crippen molar-refractivity contribution in [2.24, 2.45) is 4.99 Å². The van der Waals surface area contributed by atoms with Crippen molar-refractivity contribution in [1.29, 1.82) is 0 Å². The summed E-state index contributed by atoms with van der Waals surface area (Å²) < 4.78 is 37.7. The smallest absolute Gasteiger partial charge is 0.264 e. The molecular weight excluding hydrogens is 571 g/mol. The van der Waals surface area contributed by atoms with Gasteiger partial charge in [-0.15, -0.1) is 0 Å². The number of hydrogen-bond acceptors (Lipinski definition) is 6. The van der Waals surface area contributed by atoms with Gasteiger partial charge >= 0.3 is 0 Å². The molecule has 4 rings (SSSR count). The fourth-order valence-corrected chi connectivity index (χ4v) is 5.56. The average molecular weight is 604 g/mol. The summed E-state index contributed by atoms with van der Waals surface area (Å²) in [4.78, 5) is 17.5. The van der Waals surface area contributed by atoms with E-state index in [1.807, 2.05) is 38.1 Å². The van der Waals surface area contributed by atoms with E-state index in [0.29, 0.717) is 45.6 Å². The molecule has 0 saturated carbocycles. The molecule has 1 heterocycles. The van der Waals surface area contributed by atoms with Gasteiger partial charge in [-0.25, -0.2) is 0 Å². The highest BCUT2D eigenvalue weighted by atomic mass is 35.5. The Hall–Kier alpha value is -2.91. The molecular formula is C30H32Cl2N2O5S. The van der Waals surface area contributed by atoms with Crippen LogP contribution in [0.2, 0.25) is 10.0 Å². The largest absolute Gasteiger partial charge is 0.456 e. The third-order valence-electron chi connectivity index (χ3n) is 6.78. The average Bonchev–Trinajstić information content (AvgIpc) is 2.87. The molecule has 0 atom stereocenters. The Kier molecular flexibility index (Phi) is 9.25. The predicted octanol–water partition coefficient (Wildman–Crippen LogP) is 7.72. The van der Waals surface area contributed by atoms with Gasteiger partial charge in [0.2, 0.25) is 0 Å². The van der Waals surface area contributed by atoms with Gasteiger partial charge in [0.05, 0.1) is 21.2 Å². The van der Waals surface area contributed by atoms with Crippen molar-refractivity contribution in [2.45, 2.75) is 47.0 Å². The number of aryl methyl sites for hydroxylation is 2. The molecule has 0 spiro atoms. The van der Waals surface area contributed by atoms with Crippen LogP contribution in [-0.2, 0) is 10.1 Å². The third kappa shape index (κ3) is 6.69. The van der Waals surface area contributed by atoms with Gasteiger partial charge in [-0.1, -0.05) is 36.5 Å². The summed E-state index contributed by atoms with van der Waals surface area (Å²) >= 11 is 12.8. The first kappa shape index (κ1) is 30.1. The third-order valence-corrected chi connectivity index (χ3v) is 8.31. The number of carbonyl (C=O) groups is 1. The van der Waals surface area contributed by atoms with Gasteiger partial charge in [-0.05, 0) is 74.6 Å². The zero-order chi connectivity index (χ0) is 29.2. The summed E-state index contributed by atoms with van der Waals surface area (Å²) in [6.45, 7) is 8.60. The van der Waals surface area contributed by atoms with E-state index < -0.39 is 10.1 Å². The molecule has 2 aliphatic rings. The van der Waals surface area contributed by atoms with Gasteiger partial charge in [0.1, 0.15) is 11.3 Å². The number of anilines is 1. The van der Waals surface area contributed by atoms with Crippen molar-refractivity contribution >= 4 is 55.8 Å². The second-order valence-electron chi connectivity index (χ2n) is 9.94. The van der Waals surface area contributed by atoms with Crippen LogP contribution < -0.4 is 10.7 Å². The summed E-state index contributed by atoms with van der Waals surface area (Å²) in [5, 5.41) is 5.49. The van der Waals surface area contributed by atoms with E-state index in [1.165, 1.54) is 6.92 Å². The first-order valence-corrected chi connectivity index (χ1v) is 15.5. The van der Waals surface area contributed by atoms with Crippen molar-refractivity contribution in [3.05, 3.63) is 68.5 Å². The van der Waals surface area contributed by atoms with Crippen LogP contribution in [0.5, 0.6) is 0 Å². The van der Waals surface area contributed by atoms with Gasteiger partial charge in [-0.2, -0.15) is 8.42 Å². The van der Waals surface area contributed by atoms with Crippen LogP contribution in [0.1, 0.15) is 54.6 Å². The molecule has 40 heavy (non-hydrogen) atoms. The number of fused-ring (bicyclic) bond motifs is 2. The Morgan fingerprint density at radius 3 is 2.40 bits per heavy atom. The Morgan fingerprint density at radius 2 is 1.73 bits per heavy atom. The van der Waals surface area contributed by atoms with E-state index in [1.54, 1.807) is 12.1 Å². The normalized spacial score (nSPS) is 12.4. The zero-order valence-electron chi connectivity index (χ0n) is 22.9. The van der Waals surface area contributed by atoms with E-state index in [9.17, 15) is 13.2 Å². The summed E-state index contributed by atoms with van der Waals surface area (Å²) in [6.07, 6.45) is 2.26. The van der Waals surface area contributed by atoms with Crippen molar-refractivity contribution < 1.29 is 22.2 Å². The number of halogens is 2. The van der Waals surface area contributed by atoms with Gasteiger partial charge in [0.15, 0.2) is 5.78 Å². The molecule has 2 aromatic rings. The molecule has 0 aromatic heterocycles. The minimum Gasteiger partial charge on any atom is -0.456 e. The molecule has 2 aromatic carbocycles. The SMILES string of the molecule is CCCC/N=c1\cc2oc3cc(NCCCS(=O)(=O)O)c(C)cc3c(-c3cc(Cl)c(Cl)cc3C(C)=O)c-2cc1C. The predicted molar refractivity (Wildman–Crippen MR) is 163 cm³/mol. The summed E-state index contributed by atoms with van der Waals surface area (Å²) in [5.74, 6) is 0.123. The number of nitrogens with one attached hydrogen (secondary N) is 1. The fraction of sp³-hybridized carbons (Fsp3) is 0.333. The summed E-state index contributed by atoms with van der Waals surface area (Å²) in [7, 11) is -4.03. The van der Waals surface area contributed by atoms with Crippen molar-refractivity contribution in [3.63, 3.8) is 0 Å². The number of benzene rings is 3. The van der Waals surface area contributed by atoms with Crippen molar-refractivity contribution in [2.75, 3.05) is 24.2 Å². The second kappa shape index (κ2) is 12.3.